The van der Waals surface area contributed by atoms with Gasteiger partial charge in [0.1, 0.15) is 30.2 Å². The highest BCUT2D eigenvalue weighted by molar-refractivity contribution is 5.93. The second-order valence-electron chi connectivity index (χ2n) is 12.8. The SMILES string of the molecule is COC(=O)[C@@H](NC(=O)[C@H](C(C)C)N1CCC([C@@H](Cc2ccccc2)NC(=O)[C@H](C)NC(=O)[C@H](C)NC(=O)[C@@H](N)CO)=CCC1=O)C(C)C. The molecule has 0 spiro atoms. The van der Waals surface area contributed by atoms with Crippen LogP contribution in [0.25, 0.3) is 0 Å². The summed E-state index contributed by atoms with van der Waals surface area (Å²) in [4.78, 5) is 79.0. The molecule has 14 heteroatoms. The van der Waals surface area contributed by atoms with Crippen LogP contribution in [0, 0.1) is 11.8 Å². The molecule has 1 aromatic carbocycles. The van der Waals surface area contributed by atoms with Crippen molar-refractivity contribution in [2.75, 3.05) is 20.3 Å². The Morgan fingerprint density at radius 3 is 1.98 bits per heavy atom. The number of benzene rings is 1. The Labute approximate surface area is 282 Å². The summed E-state index contributed by atoms with van der Waals surface area (Å²) in [5.41, 5.74) is 7.23. The minimum Gasteiger partial charge on any atom is -0.467 e. The van der Waals surface area contributed by atoms with Gasteiger partial charge in [-0.3, -0.25) is 24.0 Å². The second-order valence-corrected chi connectivity index (χ2v) is 12.8. The van der Waals surface area contributed by atoms with Crippen molar-refractivity contribution in [2.45, 2.75) is 97.1 Å². The maximum atomic E-state index is 13.5. The van der Waals surface area contributed by atoms with Crippen LogP contribution in [0.5, 0.6) is 0 Å². The fourth-order valence-electron chi connectivity index (χ4n) is 5.38. The molecule has 2 rings (SSSR count). The molecule has 5 amide bonds. The summed E-state index contributed by atoms with van der Waals surface area (Å²) in [6.45, 7) is 9.81. The van der Waals surface area contributed by atoms with E-state index < -0.39 is 72.5 Å². The summed E-state index contributed by atoms with van der Waals surface area (Å²) < 4.78 is 4.87. The van der Waals surface area contributed by atoms with Crippen molar-refractivity contribution < 1.29 is 38.6 Å². The molecule has 1 aliphatic rings. The third kappa shape index (κ3) is 11.4. The van der Waals surface area contributed by atoms with Gasteiger partial charge in [0, 0.05) is 13.0 Å². The van der Waals surface area contributed by atoms with Crippen molar-refractivity contribution in [1.29, 1.82) is 0 Å². The minimum atomic E-state index is -1.18. The highest BCUT2D eigenvalue weighted by Crippen LogP contribution is 2.23. The van der Waals surface area contributed by atoms with Crippen molar-refractivity contribution in [1.82, 2.24) is 26.2 Å². The number of hydrogen-bond donors (Lipinski definition) is 6. The highest BCUT2D eigenvalue weighted by atomic mass is 16.5. The molecule has 0 aliphatic carbocycles. The number of esters is 1. The molecule has 0 saturated heterocycles. The molecular weight excluding hydrogens is 620 g/mol. The average Bonchev–Trinajstić information content (AvgIpc) is 3.23. The summed E-state index contributed by atoms with van der Waals surface area (Å²) >= 11 is 0. The zero-order valence-corrected chi connectivity index (χ0v) is 28.9. The summed E-state index contributed by atoms with van der Waals surface area (Å²) in [6.07, 6.45) is 2.54. The molecule has 0 aromatic heterocycles. The number of nitrogens with one attached hydrogen (secondary N) is 4. The molecule has 0 unspecified atom stereocenters. The molecule has 0 radical (unpaired) electrons. The van der Waals surface area contributed by atoms with Gasteiger partial charge in [0.05, 0.1) is 19.8 Å². The van der Waals surface area contributed by atoms with Gasteiger partial charge in [-0.05, 0) is 49.7 Å². The van der Waals surface area contributed by atoms with Crippen LogP contribution < -0.4 is 27.0 Å². The average molecular weight is 673 g/mol. The number of carbonyl (C=O) groups excluding carboxylic acids is 6. The summed E-state index contributed by atoms with van der Waals surface area (Å²) in [7, 11) is 1.26. The Morgan fingerprint density at radius 1 is 0.854 bits per heavy atom. The molecule has 266 valence electrons. The van der Waals surface area contributed by atoms with Crippen molar-refractivity contribution in [2.24, 2.45) is 17.6 Å². The molecular formula is C34H52N6O8. The van der Waals surface area contributed by atoms with Gasteiger partial charge >= 0.3 is 5.97 Å². The van der Waals surface area contributed by atoms with E-state index in [2.05, 4.69) is 21.3 Å². The van der Waals surface area contributed by atoms with Crippen LogP contribution in [-0.2, 0) is 39.9 Å². The van der Waals surface area contributed by atoms with Crippen LogP contribution in [0.2, 0.25) is 0 Å². The van der Waals surface area contributed by atoms with Gasteiger partial charge in [-0.1, -0.05) is 64.1 Å². The van der Waals surface area contributed by atoms with Gasteiger partial charge in [0.25, 0.3) is 0 Å². The zero-order valence-electron chi connectivity index (χ0n) is 28.9. The maximum absolute atomic E-state index is 13.5. The number of nitrogens with two attached hydrogens (primary N) is 1. The van der Waals surface area contributed by atoms with E-state index in [4.69, 9.17) is 15.6 Å². The summed E-state index contributed by atoms with van der Waals surface area (Å²) in [5.74, 6) is -3.58. The quantitative estimate of drug-likeness (QED) is 0.102. The van der Waals surface area contributed by atoms with Crippen LogP contribution in [-0.4, -0.2) is 102 Å². The molecule has 0 bridgehead atoms. The fraction of sp³-hybridized carbons (Fsp3) is 0.588. The lowest BCUT2D eigenvalue weighted by Gasteiger charge is -2.34. The number of hydrogen-bond acceptors (Lipinski definition) is 9. The summed E-state index contributed by atoms with van der Waals surface area (Å²) in [5, 5.41) is 19.9. The molecule has 6 atom stereocenters. The molecule has 1 heterocycles. The van der Waals surface area contributed by atoms with E-state index in [0.717, 1.165) is 11.1 Å². The second kappa shape index (κ2) is 18.9. The topological polar surface area (TPSA) is 209 Å². The number of nitrogens with zero attached hydrogens (tertiary/aromatic N) is 1. The number of rotatable bonds is 16. The van der Waals surface area contributed by atoms with E-state index in [1.807, 2.05) is 44.2 Å². The largest absolute Gasteiger partial charge is 0.467 e. The van der Waals surface area contributed by atoms with Gasteiger partial charge in [0.15, 0.2) is 0 Å². The molecule has 7 N–H and O–H groups in total. The molecule has 48 heavy (non-hydrogen) atoms. The van der Waals surface area contributed by atoms with Gasteiger partial charge in [-0.2, -0.15) is 0 Å². The predicted octanol–water partition coefficient (Wildman–Crippen LogP) is -0.0699. The number of carbonyl (C=O) groups is 6. The number of methoxy groups -OCH3 is 1. The van der Waals surface area contributed by atoms with Gasteiger partial charge < -0.3 is 41.7 Å². The van der Waals surface area contributed by atoms with E-state index >= 15 is 0 Å². The monoisotopic (exact) mass is 672 g/mol. The lowest BCUT2D eigenvalue weighted by atomic mass is 9.95. The lowest BCUT2D eigenvalue weighted by molar-refractivity contribution is -0.148. The Kier molecular flexibility index (Phi) is 15.7. The molecule has 1 aliphatic heterocycles. The number of ether oxygens (including phenoxy) is 1. The Morgan fingerprint density at radius 2 is 1.44 bits per heavy atom. The van der Waals surface area contributed by atoms with Crippen molar-refractivity contribution in [3.05, 3.63) is 47.5 Å². The fourth-order valence-corrected chi connectivity index (χ4v) is 5.38. The highest BCUT2D eigenvalue weighted by Gasteiger charge is 2.37. The smallest absolute Gasteiger partial charge is 0.328 e. The van der Waals surface area contributed by atoms with Gasteiger partial charge in [-0.15, -0.1) is 0 Å². The summed E-state index contributed by atoms with van der Waals surface area (Å²) in [6, 6.07) is 4.06. The zero-order chi connectivity index (χ0) is 36.1. The standard InChI is InChI=1S/C34H52N6O8/c1-19(2)28(34(47)48-7)39-33(46)29(20(3)4)40-16-15-24(13-14-27(40)42)26(17-23-11-9-8-10-12-23)38-31(44)22(6)36-30(43)21(5)37-32(45)25(35)18-41/h8-13,19-22,25-26,28-29,41H,14-18,35H2,1-7H3,(H,36,43)(H,37,45)(H,38,44)(H,39,46)/t21-,22-,25-,26+,28-,29-/m0/s1. The van der Waals surface area contributed by atoms with Crippen molar-refractivity contribution >= 4 is 35.5 Å². The number of aliphatic hydroxyl groups excluding tert-OH is 1. The third-order valence-electron chi connectivity index (χ3n) is 8.24. The van der Waals surface area contributed by atoms with E-state index in [0.29, 0.717) is 12.8 Å². The van der Waals surface area contributed by atoms with Gasteiger partial charge in [-0.25, -0.2) is 4.79 Å². The van der Waals surface area contributed by atoms with E-state index in [1.165, 1.54) is 25.9 Å². The first-order valence-electron chi connectivity index (χ1n) is 16.3. The third-order valence-corrected chi connectivity index (χ3v) is 8.24. The lowest BCUT2D eigenvalue weighted by Crippen LogP contribution is -2.56. The van der Waals surface area contributed by atoms with Crippen LogP contribution in [0.4, 0.5) is 0 Å². The van der Waals surface area contributed by atoms with Gasteiger partial charge in [0.2, 0.25) is 29.5 Å². The minimum absolute atomic E-state index is 0.00289. The molecule has 14 nitrogen and oxygen atoms in total. The van der Waals surface area contributed by atoms with Crippen LogP contribution in [0.3, 0.4) is 0 Å². The van der Waals surface area contributed by atoms with Crippen LogP contribution in [0.15, 0.2) is 42.0 Å². The van der Waals surface area contributed by atoms with Crippen molar-refractivity contribution in [3.8, 4) is 0 Å². The Bertz CT molecular complexity index is 1320. The Balaban J connectivity index is 2.24. The van der Waals surface area contributed by atoms with E-state index in [-0.39, 0.29) is 30.7 Å². The van der Waals surface area contributed by atoms with Crippen LogP contribution in [0.1, 0.15) is 59.9 Å². The first-order chi connectivity index (χ1) is 22.6. The molecule has 0 fully saturated rings. The number of amides is 5. The maximum Gasteiger partial charge on any atom is 0.328 e. The molecule has 0 saturated carbocycles. The Hall–Kier alpha value is -4.30. The van der Waals surface area contributed by atoms with Crippen molar-refractivity contribution in [3.63, 3.8) is 0 Å². The van der Waals surface area contributed by atoms with E-state index in [1.54, 1.807) is 19.9 Å². The van der Waals surface area contributed by atoms with Crippen LogP contribution >= 0.6 is 0 Å². The molecule has 1 aromatic rings. The first kappa shape index (κ1) is 39.9. The number of aliphatic hydroxyl groups is 1. The first-order valence-corrected chi connectivity index (χ1v) is 16.3. The normalized spacial score (nSPS) is 17.2. The van der Waals surface area contributed by atoms with E-state index in [9.17, 15) is 28.8 Å². The predicted molar refractivity (Wildman–Crippen MR) is 179 cm³/mol.